The van der Waals surface area contributed by atoms with Crippen molar-refractivity contribution in [2.45, 2.75) is 27.7 Å². The van der Waals surface area contributed by atoms with Crippen molar-refractivity contribution in [2.75, 3.05) is 9.80 Å². The maximum atomic E-state index is 6.67. The van der Waals surface area contributed by atoms with Crippen LogP contribution in [0.4, 0.5) is 34.1 Å². The van der Waals surface area contributed by atoms with Crippen LogP contribution < -0.4 is 9.80 Å². The normalized spacial score (nSPS) is 12.0. The number of nitrogens with one attached hydrogen (secondary N) is 1. The molecule has 5 heterocycles. The highest BCUT2D eigenvalue weighted by Crippen LogP contribution is 2.48. The predicted octanol–water partition coefficient (Wildman–Crippen LogP) is 24.3. The Hall–Kier alpha value is -11.6. The highest BCUT2D eigenvalue weighted by atomic mass is 16.3. The molecule has 90 heavy (non-hydrogen) atoms. The van der Waals surface area contributed by atoms with Gasteiger partial charge < -0.3 is 28.0 Å². The topological polar surface area (TPSA) is 53.0 Å². The highest BCUT2D eigenvalue weighted by molar-refractivity contribution is 6.26. The Kier molecular flexibility index (Phi) is 11.3. The molecule has 19 aromatic rings. The van der Waals surface area contributed by atoms with Crippen molar-refractivity contribution in [2.24, 2.45) is 0 Å². The molecule has 0 unspecified atom stereocenters. The van der Waals surface area contributed by atoms with E-state index in [4.69, 9.17) is 8.83 Å². The van der Waals surface area contributed by atoms with E-state index in [0.717, 1.165) is 83.6 Å². The second-order valence-electron chi connectivity index (χ2n) is 24.5. The van der Waals surface area contributed by atoms with Crippen LogP contribution in [0.3, 0.4) is 0 Å². The standard InChI is InChI=1S/C64H41N3O2.C20H17N/c1-38-14-3-7-22-54(38)65(56-24-12-20-50-46-16-5-9-26-60(46)68-63(50)56)44-30-28-40-34-52-48-18-11-19-49-53-35-41-29-31-45(33-43(41)37-59(53)67(62(48)49)58(52)36-42(40)32-44)66(55-23-8-4-15-39(55)2)57-25-13-21-51-47-17-6-10-27-61(47)69-64(51)57;1-12(2)16-5-4-6-17-18-10-14-8-7-13(3)9-15(14)11-19(18)21-20(16)17/h3-37H,1-2H3;4-11,21H,1H2,2-3H3. The molecule has 14 aromatic carbocycles. The number of hydrogen-bond donors (Lipinski definition) is 1. The van der Waals surface area contributed by atoms with Crippen LogP contribution in [-0.2, 0) is 0 Å². The fourth-order valence-electron chi connectivity index (χ4n) is 14.6. The third kappa shape index (κ3) is 7.84. The fourth-order valence-corrected chi connectivity index (χ4v) is 14.6. The largest absolute Gasteiger partial charge is 0.454 e. The molecule has 0 fully saturated rings. The minimum absolute atomic E-state index is 0.872. The van der Waals surface area contributed by atoms with Crippen LogP contribution in [0, 0.1) is 20.8 Å². The number of fused-ring (bicyclic) bond motifs is 18. The van der Waals surface area contributed by atoms with Gasteiger partial charge in [-0.2, -0.15) is 0 Å². The SMILES string of the molecule is C=C(C)c1cccc2c1[nH]c1cc3cc(C)ccc3cc12.Cc1ccccc1N(c1ccc2cc3c4cccc5c6cc7ccc(N(c8ccccc8C)c8cccc9c8oc8ccccc89)cc7cc6n(c3cc2c1)c45)c1cccc2c1oc1ccccc12. The molecule has 19 rings (SSSR count). The lowest BCUT2D eigenvalue weighted by Crippen LogP contribution is -2.11. The number of H-pyrrole nitrogens is 1. The van der Waals surface area contributed by atoms with Gasteiger partial charge in [0.2, 0.25) is 0 Å². The van der Waals surface area contributed by atoms with E-state index in [9.17, 15) is 0 Å². The van der Waals surface area contributed by atoms with Crippen LogP contribution in [0.15, 0.2) is 276 Å². The molecule has 0 radical (unpaired) electrons. The smallest absolute Gasteiger partial charge is 0.159 e. The van der Waals surface area contributed by atoms with E-state index < -0.39 is 0 Å². The molecular weight excluding hydrogens is 1100 g/mol. The monoisotopic (exact) mass is 1150 g/mol. The Bertz CT molecular complexity index is 5920. The molecule has 0 aliphatic heterocycles. The summed E-state index contributed by atoms with van der Waals surface area (Å²) >= 11 is 0. The molecule has 1 N–H and O–H groups in total. The molecule has 6 heteroatoms. The molecule has 0 amide bonds. The maximum Gasteiger partial charge on any atom is 0.159 e. The Labute approximate surface area is 518 Å². The summed E-state index contributed by atoms with van der Waals surface area (Å²) < 4.78 is 15.9. The van der Waals surface area contributed by atoms with Gasteiger partial charge in [0.15, 0.2) is 11.2 Å². The van der Waals surface area contributed by atoms with Crippen LogP contribution in [0.25, 0.3) is 142 Å². The van der Waals surface area contributed by atoms with Crippen molar-refractivity contribution in [3.8, 4) is 0 Å². The Morgan fingerprint density at radius 2 is 0.811 bits per heavy atom. The zero-order chi connectivity index (χ0) is 60.0. The van der Waals surface area contributed by atoms with Gasteiger partial charge in [-0.3, -0.25) is 0 Å². The lowest BCUT2D eigenvalue weighted by Gasteiger charge is -2.27. The van der Waals surface area contributed by atoms with Crippen LogP contribution in [-0.4, -0.2) is 9.38 Å². The molecule has 5 aromatic heterocycles. The molecule has 0 saturated heterocycles. The van der Waals surface area contributed by atoms with E-state index in [1.165, 1.54) is 114 Å². The number of rotatable bonds is 7. The van der Waals surface area contributed by atoms with Crippen LogP contribution >= 0.6 is 0 Å². The molecule has 426 valence electrons. The van der Waals surface area contributed by atoms with Gasteiger partial charge in [-0.05, 0) is 174 Å². The number of furan rings is 2. The predicted molar refractivity (Wildman–Crippen MR) is 382 cm³/mol. The minimum atomic E-state index is 0.872. The van der Waals surface area contributed by atoms with Gasteiger partial charge in [-0.15, -0.1) is 0 Å². The van der Waals surface area contributed by atoms with Gasteiger partial charge in [-0.1, -0.05) is 176 Å². The second kappa shape index (κ2) is 19.7. The van der Waals surface area contributed by atoms with Gasteiger partial charge in [-0.25, -0.2) is 0 Å². The number of allylic oxidation sites excluding steroid dienone is 1. The zero-order valence-electron chi connectivity index (χ0n) is 50.2. The van der Waals surface area contributed by atoms with E-state index in [0.29, 0.717) is 0 Å². The van der Waals surface area contributed by atoms with Gasteiger partial charge >= 0.3 is 0 Å². The number of aromatic nitrogens is 2. The number of anilines is 6. The van der Waals surface area contributed by atoms with E-state index in [-0.39, 0.29) is 0 Å². The minimum Gasteiger partial charge on any atom is -0.454 e. The Morgan fingerprint density at radius 3 is 1.37 bits per heavy atom. The first kappa shape index (κ1) is 51.6. The molecule has 0 saturated carbocycles. The summed E-state index contributed by atoms with van der Waals surface area (Å²) in [5.74, 6) is 0. The summed E-state index contributed by atoms with van der Waals surface area (Å²) in [4.78, 5) is 8.31. The van der Waals surface area contributed by atoms with Crippen LogP contribution in [0.2, 0.25) is 0 Å². The quantitative estimate of drug-likeness (QED) is 0.173. The summed E-state index contributed by atoms with van der Waals surface area (Å²) in [7, 11) is 0. The number of para-hydroxylation sites is 8. The van der Waals surface area contributed by atoms with E-state index in [2.05, 4.69) is 302 Å². The van der Waals surface area contributed by atoms with Crippen molar-refractivity contribution in [3.63, 3.8) is 0 Å². The summed E-state index contributed by atoms with van der Waals surface area (Å²) in [6, 6.07) is 94.5. The summed E-state index contributed by atoms with van der Waals surface area (Å²) in [6.07, 6.45) is 0. The molecule has 0 aliphatic rings. The first-order valence-corrected chi connectivity index (χ1v) is 30.9. The Balaban J connectivity index is 0.000000242. The number of aromatic amines is 1. The van der Waals surface area contributed by atoms with E-state index >= 15 is 0 Å². The summed E-state index contributed by atoms with van der Waals surface area (Å²) in [6.45, 7) is 12.6. The third-order valence-electron chi connectivity index (χ3n) is 18.9. The fraction of sp³-hybridized carbons (Fsp3) is 0.0476. The zero-order valence-corrected chi connectivity index (χ0v) is 50.2. The Morgan fingerprint density at radius 1 is 0.367 bits per heavy atom. The van der Waals surface area contributed by atoms with Crippen molar-refractivity contribution < 1.29 is 8.83 Å². The molecule has 0 aliphatic carbocycles. The van der Waals surface area contributed by atoms with E-state index in [1.54, 1.807) is 0 Å². The summed E-state index contributed by atoms with van der Waals surface area (Å²) in [5.41, 5.74) is 21.8. The number of hydrogen-bond acceptors (Lipinski definition) is 4. The molecule has 6 nitrogen and oxygen atoms in total. The second-order valence-corrected chi connectivity index (χ2v) is 24.5. The lowest BCUT2D eigenvalue weighted by molar-refractivity contribution is 0.668. The molecular formula is C84H58N4O2. The number of nitrogens with zero attached hydrogens (tertiary/aromatic N) is 3. The molecule has 0 atom stereocenters. The number of benzene rings is 14. The first-order chi connectivity index (χ1) is 44.2. The van der Waals surface area contributed by atoms with E-state index in [1.807, 2.05) is 12.1 Å². The van der Waals surface area contributed by atoms with Crippen molar-refractivity contribution >= 4 is 176 Å². The molecule has 0 spiro atoms. The van der Waals surface area contributed by atoms with Crippen molar-refractivity contribution in [1.82, 2.24) is 9.38 Å². The van der Waals surface area contributed by atoms with Crippen molar-refractivity contribution in [1.29, 1.82) is 0 Å². The average Bonchev–Trinajstić information content (AvgIpc) is 1.56. The van der Waals surface area contributed by atoms with Crippen LogP contribution in [0.5, 0.6) is 0 Å². The van der Waals surface area contributed by atoms with Gasteiger partial charge in [0.25, 0.3) is 0 Å². The maximum absolute atomic E-state index is 6.67. The average molecular weight is 1160 g/mol. The highest BCUT2D eigenvalue weighted by Gasteiger charge is 2.25. The first-order valence-electron chi connectivity index (χ1n) is 30.9. The van der Waals surface area contributed by atoms with Gasteiger partial charge in [0, 0.05) is 87.7 Å². The number of aryl methyl sites for hydroxylation is 3. The van der Waals surface area contributed by atoms with Gasteiger partial charge in [0.05, 0.1) is 33.4 Å². The summed E-state index contributed by atoms with van der Waals surface area (Å²) in [5, 5.41) is 19.3. The van der Waals surface area contributed by atoms with Gasteiger partial charge in [0.1, 0.15) is 11.2 Å². The lowest BCUT2D eigenvalue weighted by atomic mass is 10.0. The molecule has 0 bridgehead atoms. The third-order valence-corrected chi connectivity index (χ3v) is 18.9. The van der Waals surface area contributed by atoms with Crippen LogP contribution in [0.1, 0.15) is 29.2 Å². The van der Waals surface area contributed by atoms with Crippen molar-refractivity contribution in [3.05, 3.63) is 290 Å².